The third kappa shape index (κ3) is 9.16. The Morgan fingerprint density at radius 2 is 1.65 bits per heavy atom. The molecule has 2 aliphatic heterocycles. The number of carbonyl (C=O) groups is 3. The molecule has 3 amide bonds. The largest absolute Gasteiger partial charge is 0.445 e. The number of hydrogen-bond acceptors (Lipinski definition) is 8. The van der Waals surface area contributed by atoms with Gasteiger partial charge < -0.3 is 29.5 Å². The fourth-order valence-electron chi connectivity index (χ4n) is 6.44. The Bertz CT molecular complexity index is 1830. The van der Waals surface area contributed by atoms with Crippen molar-refractivity contribution in [1.29, 1.82) is 0 Å². The molecule has 0 spiro atoms. The van der Waals surface area contributed by atoms with E-state index in [4.69, 9.17) is 14.2 Å². The number of hydrogen-bond donors (Lipinski definition) is 2. The van der Waals surface area contributed by atoms with Crippen molar-refractivity contribution in [2.24, 2.45) is 0 Å². The van der Waals surface area contributed by atoms with Gasteiger partial charge in [0.2, 0.25) is 5.91 Å². The third-order valence-corrected chi connectivity index (χ3v) is 9.08. The number of likely N-dealkylation sites (tertiary alicyclic amines) is 1. The molecule has 2 aliphatic rings. The van der Waals surface area contributed by atoms with Gasteiger partial charge in [-0.3, -0.25) is 14.5 Å². The Balaban J connectivity index is 1.13. The lowest BCUT2D eigenvalue weighted by molar-refractivity contribution is -0.252. The molecule has 0 radical (unpaired) electrons. The van der Waals surface area contributed by atoms with Crippen molar-refractivity contribution >= 4 is 17.9 Å². The summed E-state index contributed by atoms with van der Waals surface area (Å²) in [6.07, 6.45) is 0.759. The smallest absolute Gasteiger partial charge is 0.408 e. The molecule has 2 saturated heterocycles. The molecule has 10 heteroatoms. The summed E-state index contributed by atoms with van der Waals surface area (Å²) in [4.78, 5) is 41.8. The van der Waals surface area contributed by atoms with Crippen molar-refractivity contribution in [3.05, 3.63) is 144 Å². The first-order chi connectivity index (χ1) is 24.8. The van der Waals surface area contributed by atoms with Crippen LogP contribution in [0.3, 0.4) is 0 Å². The maximum absolute atomic E-state index is 13.2. The molecule has 0 bridgehead atoms. The molecule has 10 nitrogen and oxygen atoms in total. The fourth-order valence-corrected chi connectivity index (χ4v) is 6.44. The summed E-state index contributed by atoms with van der Waals surface area (Å²) in [6.45, 7) is 5.42. The van der Waals surface area contributed by atoms with Gasteiger partial charge in [0, 0.05) is 25.1 Å². The van der Waals surface area contributed by atoms with Gasteiger partial charge in [0.05, 0.1) is 31.8 Å². The van der Waals surface area contributed by atoms with Crippen molar-refractivity contribution in [1.82, 2.24) is 15.1 Å². The van der Waals surface area contributed by atoms with E-state index in [0.29, 0.717) is 13.0 Å². The standard InChI is InChI=1S/C41H43N3O7/c1-3-19-43(2)25-35-22-37(31-17-15-28(26-45)16-18-31)51-40(50-35)34-14-8-13-33(21-34)32-12-7-11-30(20-32)24-44-38(46)23-36(39(44)47)42-41(48)49-27-29-9-5-4-6-10-29/h3-18,20-21,35-37,40,45H,1,19,22-27H2,2H3,(H,42,48)/t35-,36?,37+,40+/m1/s1. The van der Waals surface area contributed by atoms with E-state index in [0.717, 1.165) is 45.5 Å². The fraction of sp³-hybridized carbons (Fsp3) is 0.293. The SMILES string of the molecule is C=CCN(C)C[C@H]1C[C@@H](c2ccc(CO)cc2)O[C@@H](c2cccc(-c3cccc(CN4C(=O)CC(NC(=O)OCc5ccccc5)C4=O)c3)c2)O1. The monoisotopic (exact) mass is 689 g/mol. The number of imide groups is 1. The topological polar surface area (TPSA) is 118 Å². The molecule has 1 unspecified atom stereocenters. The lowest BCUT2D eigenvalue weighted by atomic mass is 9.98. The molecular formula is C41H43N3O7. The average molecular weight is 690 g/mol. The van der Waals surface area contributed by atoms with Gasteiger partial charge in [-0.1, -0.05) is 97.1 Å². The molecule has 0 saturated carbocycles. The number of carbonyl (C=O) groups excluding carboxylic acids is 3. The number of rotatable bonds is 13. The molecule has 2 fully saturated rings. The van der Waals surface area contributed by atoms with E-state index in [1.807, 2.05) is 116 Å². The highest BCUT2D eigenvalue weighted by atomic mass is 16.7. The molecule has 4 aromatic rings. The molecular weight excluding hydrogens is 646 g/mol. The zero-order chi connectivity index (χ0) is 35.7. The van der Waals surface area contributed by atoms with E-state index in [2.05, 4.69) is 16.8 Å². The average Bonchev–Trinajstić information content (AvgIpc) is 3.41. The molecule has 0 aliphatic carbocycles. The van der Waals surface area contributed by atoms with Crippen LogP contribution in [-0.4, -0.2) is 65.1 Å². The number of nitrogens with zero attached hydrogens (tertiary/aromatic N) is 2. The minimum absolute atomic E-state index is 0.0190. The second kappa shape index (κ2) is 16.7. The molecule has 4 atom stereocenters. The van der Waals surface area contributed by atoms with Gasteiger partial charge in [-0.25, -0.2) is 4.79 Å². The third-order valence-electron chi connectivity index (χ3n) is 9.08. The summed E-state index contributed by atoms with van der Waals surface area (Å²) in [6, 6.07) is 31.7. The van der Waals surface area contributed by atoms with Crippen LogP contribution in [0.4, 0.5) is 4.79 Å². The van der Waals surface area contributed by atoms with Crippen LogP contribution in [0, 0.1) is 0 Å². The first-order valence-electron chi connectivity index (χ1n) is 17.1. The van der Waals surface area contributed by atoms with E-state index >= 15 is 0 Å². The van der Waals surface area contributed by atoms with Crippen molar-refractivity contribution in [2.75, 3.05) is 20.1 Å². The Labute approximate surface area is 298 Å². The van der Waals surface area contributed by atoms with Crippen molar-refractivity contribution in [3.63, 3.8) is 0 Å². The molecule has 51 heavy (non-hydrogen) atoms. The maximum atomic E-state index is 13.2. The molecule has 0 aromatic heterocycles. The minimum atomic E-state index is -0.979. The molecule has 4 aromatic carbocycles. The number of aliphatic hydroxyl groups excluding tert-OH is 1. The molecule has 6 rings (SSSR count). The first-order valence-corrected chi connectivity index (χ1v) is 17.1. The van der Waals surface area contributed by atoms with Gasteiger partial charge in [-0.2, -0.15) is 0 Å². The van der Waals surface area contributed by atoms with Gasteiger partial charge >= 0.3 is 6.09 Å². The van der Waals surface area contributed by atoms with Crippen molar-refractivity contribution in [3.8, 4) is 11.1 Å². The summed E-state index contributed by atoms with van der Waals surface area (Å²) in [5.41, 5.74) is 6.15. The van der Waals surface area contributed by atoms with Crippen LogP contribution in [0.25, 0.3) is 11.1 Å². The number of aliphatic hydroxyl groups is 1. The number of amides is 3. The van der Waals surface area contributed by atoms with Crippen LogP contribution < -0.4 is 5.32 Å². The van der Waals surface area contributed by atoms with Crippen LogP contribution in [0.5, 0.6) is 0 Å². The summed E-state index contributed by atoms with van der Waals surface area (Å²) >= 11 is 0. The number of alkyl carbamates (subject to hydrolysis) is 1. The lowest BCUT2D eigenvalue weighted by Crippen LogP contribution is -2.41. The summed E-state index contributed by atoms with van der Waals surface area (Å²) < 4.78 is 18.3. The summed E-state index contributed by atoms with van der Waals surface area (Å²) in [7, 11) is 2.04. The number of nitrogens with one attached hydrogen (secondary N) is 1. The van der Waals surface area contributed by atoms with Gasteiger partial charge in [-0.05, 0) is 52.6 Å². The first kappa shape index (κ1) is 35.7. The summed E-state index contributed by atoms with van der Waals surface area (Å²) in [5, 5.41) is 12.1. The quantitative estimate of drug-likeness (QED) is 0.129. The predicted octanol–water partition coefficient (Wildman–Crippen LogP) is 6.06. The maximum Gasteiger partial charge on any atom is 0.408 e. The number of benzene rings is 4. The highest BCUT2D eigenvalue weighted by Gasteiger charge is 2.40. The summed E-state index contributed by atoms with van der Waals surface area (Å²) in [5.74, 6) is -0.828. The Hall–Kier alpha value is -5.13. The lowest BCUT2D eigenvalue weighted by Gasteiger charge is -2.37. The zero-order valence-electron chi connectivity index (χ0n) is 28.6. The Morgan fingerprint density at radius 1 is 0.922 bits per heavy atom. The van der Waals surface area contributed by atoms with Gasteiger partial charge in [-0.15, -0.1) is 6.58 Å². The molecule has 2 heterocycles. The highest BCUT2D eigenvalue weighted by molar-refractivity contribution is 6.06. The number of likely N-dealkylation sites (N-methyl/N-ethyl adjacent to an activating group) is 1. The molecule has 264 valence electrons. The Morgan fingerprint density at radius 3 is 2.39 bits per heavy atom. The minimum Gasteiger partial charge on any atom is -0.445 e. The van der Waals surface area contributed by atoms with Crippen LogP contribution in [0.1, 0.15) is 53.1 Å². The zero-order valence-corrected chi connectivity index (χ0v) is 28.6. The van der Waals surface area contributed by atoms with Crippen molar-refractivity contribution in [2.45, 2.75) is 57.1 Å². The van der Waals surface area contributed by atoms with Crippen molar-refractivity contribution < 1.29 is 33.7 Å². The van der Waals surface area contributed by atoms with E-state index in [1.165, 1.54) is 4.90 Å². The van der Waals surface area contributed by atoms with Gasteiger partial charge in [0.15, 0.2) is 6.29 Å². The van der Waals surface area contributed by atoms with Crippen LogP contribution in [0.2, 0.25) is 0 Å². The Kier molecular flexibility index (Phi) is 11.7. The van der Waals surface area contributed by atoms with E-state index in [-0.39, 0.29) is 44.3 Å². The van der Waals surface area contributed by atoms with Crippen LogP contribution >= 0.6 is 0 Å². The number of ether oxygens (including phenoxy) is 3. The second-order valence-corrected chi connectivity index (χ2v) is 13.0. The van der Waals surface area contributed by atoms with Gasteiger partial charge in [0.25, 0.3) is 5.91 Å². The predicted molar refractivity (Wildman–Crippen MR) is 192 cm³/mol. The molecule has 2 N–H and O–H groups in total. The highest BCUT2D eigenvalue weighted by Crippen LogP contribution is 2.39. The van der Waals surface area contributed by atoms with E-state index < -0.39 is 24.3 Å². The second-order valence-electron chi connectivity index (χ2n) is 13.0. The van der Waals surface area contributed by atoms with E-state index in [1.54, 1.807) is 0 Å². The van der Waals surface area contributed by atoms with Crippen LogP contribution in [-0.2, 0) is 43.6 Å². The van der Waals surface area contributed by atoms with E-state index in [9.17, 15) is 19.5 Å². The van der Waals surface area contributed by atoms with Crippen LogP contribution in [0.15, 0.2) is 116 Å². The van der Waals surface area contributed by atoms with Gasteiger partial charge in [0.1, 0.15) is 12.6 Å². The normalized spacial score (nSPS) is 20.4.